The van der Waals surface area contributed by atoms with Crippen LogP contribution in [0.3, 0.4) is 0 Å². The highest BCUT2D eigenvalue weighted by Gasteiger charge is 2.15. The molecular formula is C22H42. The fraction of sp³-hybridized carbons (Fsp3) is 0.909. The van der Waals surface area contributed by atoms with Crippen LogP contribution in [0.1, 0.15) is 122 Å². The molecule has 0 heteroatoms. The second kappa shape index (κ2) is 15.6. The Morgan fingerprint density at radius 3 is 1.64 bits per heavy atom. The van der Waals surface area contributed by atoms with Crippen LogP contribution < -0.4 is 0 Å². The first-order valence-corrected chi connectivity index (χ1v) is 10.6. The van der Waals surface area contributed by atoms with Crippen molar-refractivity contribution in [2.24, 2.45) is 5.92 Å². The molecule has 1 rings (SSSR count). The molecule has 0 aromatic rings. The van der Waals surface area contributed by atoms with Crippen LogP contribution >= 0.6 is 0 Å². The van der Waals surface area contributed by atoms with Crippen LogP contribution in [0.2, 0.25) is 0 Å². The van der Waals surface area contributed by atoms with Gasteiger partial charge in [0.25, 0.3) is 0 Å². The number of rotatable bonds is 16. The lowest BCUT2D eigenvalue weighted by molar-refractivity contribution is 0.286. The first-order chi connectivity index (χ1) is 10.9. The SMILES string of the molecule is CCCCCCCCC=CCCCCCCCCC1CCC1. The van der Waals surface area contributed by atoms with E-state index < -0.39 is 0 Å². The van der Waals surface area contributed by atoms with Gasteiger partial charge in [-0.2, -0.15) is 0 Å². The summed E-state index contributed by atoms with van der Waals surface area (Å²) in [5.74, 6) is 1.12. The van der Waals surface area contributed by atoms with Gasteiger partial charge in [-0.25, -0.2) is 0 Å². The molecular weight excluding hydrogens is 264 g/mol. The van der Waals surface area contributed by atoms with E-state index in [9.17, 15) is 0 Å². The van der Waals surface area contributed by atoms with Crippen LogP contribution in [0.15, 0.2) is 12.2 Å². The Bertz CT molecular complexity index is 236. The predicted molar refractivity (Wildman–Crippen MR) is 101 cm³/mol. The fourth-order valence-electron chi connectivity index (χ4n) is 3.46. The van der Waals surface area contributed by atoms with Crippen LogP contribution in [0, 0.1) is 5.92 Å². The Balaban J connectivity index is 1.67. The predicted octanol–water partition coefficient (Wildman–Crippen LogP) is 8.21. The average molecular weight is 307 g/mol. The maximum Gasteiger partial charge on any atom is -0.0351 e. The van der Waals surface area contributed by atoms with E-state index in [0.29, 0.717) is 0 Å². The molecule has 1 aliphatic carbocycles. The molecule has 0 radical (unpaired) electrons. The number of hydrogen-bond acceptors (Lipinski definition) is 0. The molecule has 0 aliphatic heterocycles. The zero-order chi connectivity index (χ0) is 15.7. The van der Waals surface area contributed by atoms with E-state index in [0.717, 1.165) is 5.92 Å². The van der Waals surface area contributed by atoms with Crippen molar-refractivity contribution in [3.63, 3.8) is 0 Å². The minimum absolute atomic E-state index is 1.12. The first-order valence-electron chi connectivity index (χ1n) is 10.6. The standard InChI is InChI=1S/C22H42/c1-2-3-4-5-6-7-8-9-10-11-12-13-14-15-16-17-19-22-20-18-21-22/h9-10,22H,2-8,11-21H2,1H3. The quantitative estimate of drug-likeness (QED) is 0.199. The highest BCUT2D eigenvalue weighted by molar-refractivity contribution is 4.81. The molecule has 0 heterocycles. The molecule has 0 aromatic carbocycles. The topological polar surface area (TPSA) is 0 Å². The van der Waals surface area contributed by atoms with Crippen molar-refractivity contribution in [2.75, 3.05) is 0 Å². The van der Waals surface area contributed by atoms with Gasteiger partial charge in [-0.15, -0.1) is 0 Å². The van der Waals surface area contributed by atoms with Crippen molar-refractivity contribution >= 4 is 0 Å². The van der Waals surface area contributed by atoms with Crippen LogP contribution in [0.25, 0.3) is 0 Å². The summed E-state index contributed by atoms with van der Waals surface area (Å²) >= 11 is 0. The molecule has 0 unspecified atom stereocenters. The third kappa shape index (κ3) is 12.3. The van der Waals surface area contributed by atoms with Crippen LogP contribution in [-0.2, 0) is 0 Å². The summed E-state index contributed by atoms with van der Waals surface area (Å²) in [7, 11) is 0. The second-order valence-corrected chi connectivity index (χ2v) is 7.52. The van der Waals surface area contributed by atoms with Gasteiger partial charge in [-0.1, -0.05) is 109 Å². The van der Waals surface area contributed by atoms with Gasteiger partial charge in [0.15, 0.2) is 0 Å². The largest absolute Gasteiger partial charge is 0.0885 e. The molecule has 0 N–H and O–H groups in total. The summed E-state index contributed by atoms with van der Waals surface area (Å²) in [5, 5.41) is 0. The van der Waals surface area contributed by atoms with Crippen molar-refractivity contribution in [1.29, 1.82) is 0 Å². The van der Waals surface area contributed by atoms with E-state index in [4.69, 9.17) is 0 Å². The van der Waals surface area contributed by atoms with Crippen molar-refractivity contribution in [1.82, 2.24) is 0 Å². The third-order valence-corrected chi connectivity index (χ3v) is 5.35. The lowest BCUT2D eigenvalue weighted by Gasteiger charge is -2.24. The maximum atomic E-state index is 2.43. The van der Waals surface area contributed by atoms with Crippen molar-refractivity contribution in [3.05, 3.63) is 12.2 Å². The van der Waals surface area contributed by atoms with E-state index in [-0.39, 0.29) is 0 Å². The molecule has 22 heavy (non-hydrogen) atoms. The van der Waals surface area contributed by atoms with Gasteiger partial charge in [-0.3, -0.25) is 0 Å². The summed E-state index contributed by atoms with van der Waals surface area (Å²) in [6, 6.07) is 0. The van der Waals surface area contributed by atoms with Crippen LogP contribution in [0.4, 0.5) is 0 Å². The Morgan fingerprint density at radius 2 is 1.14 bits per heavy atom. The Hall–Kier alpha value is -0.260. The van der Waals surface area contributed by atoms with E-state index in [1.807, 2.05) is 0 Å². The summed E-state index contributed by atoms with van der Waals surface area (Å²) < 4.78 is 0. The van der Waals surface area contributed by atoms with Crippen LogP contribution in [-0.4, -0.2) is 0 Å². The van der Waals surface area contributed by atoms with Gasteiger partial charge in [0.1, 0.15) is 0 Å². The van der Waals surface area contributed by atoms with Crippen molar-refractivity contribution in [2.45, 2.75) is 122 Å². The summed E-state index contributed by atoms with van der Waals surface area (Å²) in [5.41, 5.74) is 0. The monoisotopic (exact) mass is 306 g/mol. The van der Waals surface area contributed by atoms with E-state index in [1.165, 1.54) is 116 Å². The Labute approximate surface area is 141 Å². The van der Waals surface area contributed by atoms with Gasteiger partial charge < -0.3 is 0 Å². The molecule has 0 saturated heterocycles. The molecule has 0 nitrogen and oxygen atoms in total. The smallest absolute Gasteiger partial charge is 0.0351 e. The normalized spacial score (nSPS) is 15.5. The van der Waals surface area contributed by atoms with Crippen molar-refractivity contribution in [3.8, 4) is 0 Å². The summed E-state index contributed by atoms with van der Waals surface area (Å²) in [6.07, 6.45) is 30.9. The van der Waals surface area contributed by atoms with Gasteiger partial charge >= 0.3 is 0 Å². The van der Waals surface area contributed by atoms with Gasteiger partial charge in [0, 0.05) is 0 Å². The lowest BCUT2D eigenvalue weighted by Crippen LogP contribution is -2.10. The van der Waals surface area contributed by atoms with Gasteiger partial charge in [0.2, 0.25) is 0 Å². The minimum atomic E-state index is 1.12. The highest BCUT2D eigenvalue weighted by atomic mass is 14.2. The molecule has 1 fully saturated rings. The molecule has 1 aliphatic rings. The zero-order valence-corrected chi connectivity index (χ0v) is 15.5. The second-order valence-electron chi connectivity index (χ2n) is 7.52. The fourth-order valence-corrected chi connectivity index (χ4v) is 3.46. The molecule has 0 atom stereocenters. The first kappa shape index (κ1) is 19.8. The van der Waals surface area contributed by atoms with Crippen LogP contribution in [0.5, 0.6) is 0 Å². The minimum Gasteiger partial charge on any atom is -0.0885 e. The van der Waals surface area contributed by atoms with Gasteiger partial charge in [-0.05, 0) is 31.6 Å². The number of unbranched alkanes of at least 4 members (excludes halogenated alkanes) is 12. The number of allylic oxidation sites excluding steroid dienone is 2. The van der Waals surface area contributed by atoms with E-state index >= 15 is 0 Å². The molecule has 0 amide bonds. The molecule has 0 aromatic heterocycles. The molecule has 0 spiro atoms. The molecule has 1 saturated carbocycles. The average Bonchev–Trinajstić information content (AvgIpc) is 2.48. The third-order valence-electron chi connectivity index (χ3n) is 5.35. The zero-order valence-electron chi connectivity index (χ0n) is 15.5. The highest BCUT2D eigenvalue weighted by Crippen LogP contribution is 2.31. The Morgan fingerprint density at radius 1 is 0.636 bits per heavy atom. The summed E-state index contributed by atoms with van der Waals surface area (Å²) in [6.45, 7) is 2.29. The van der Waals surface area contributed by atoms with E-state index in [2.05, 4.69) is 19.1 Å². The Kier molecular flexibility index (Phi) is 14.1. The van der Waals surface area contributed by atoms with Gasteiger partial charge in [0.05, 0.1) is 0 Å². The molecule has 130 valence electrons. The van der Waals surface area contributed by atoms with E-state index in [1.54, 1.807) is 0 Å². The lowest BCUT2D eigenvalue weighted by atomic mass is 9.81. The molecule has 0 bridgehead atoms. The maximum absolute atomic E-state index is 2.43. The van der Waals surface area contributed by atoms with Crippen molar-refractivity contribution < 1.29 is 0 Å². The number of hydrogen-bond donors (Lipinski definition) is 0. The summed E-state index contributed by atoms with van der Waals surface area (Å²) in [4.78, 5) is 0.